The van der Waals surface area contributed by atoms with Crippen molar-refractivity contribution in [3.8, 4) is 0 Å². The molecule has 2 heteroatoms. The number of rotatable bonds is 1. The van der Waals surface area contributed by atoms with Crippen LogP contribution in [0.3, 0.4) is 0 Å². The monoisotopic (exact) mass is 184 g/mol. The van der Waals surface area contributed by atoms with Crippen LogP contribution >= 0.6 is 0 Å². The van der Waals surface area contributed by atoms with Crippen LogP contribution in [0, 0.1) is 12.7 Å². The SMILES string of the molecule is CC.Cc1ccc(F)cc1C(C)O. The van der Waals surface area contributed by atoms with Crippen LogP contribution in [0.25, 0.3) is 0 Å². The number of aryl methyl sites for hydroxylation is 1. The van der Waals surface area contributed by atoms with E-state index in [0.717, 1.165) is 5.56 Å². The molecule has 0 fully saturated rings. The van der Waals surface area contributed by atoms with Crippen LogP contribution in [-0.4, -0.2) is 5.11 Å². The second-order valence-corrected chi connectivity index (χ2v) is 2.68. The van der Waals surface area contributed by atoms with Gasteiger partial charge in [0.2, 0.25) is 0 Å². The Morgan fingerprint density at radius 3 is 2.23 bits per heavy atom. The van der Waals surface area contributed by atoms with Gasteiger partial charge in [-0.1, -0.05) is 19.9 Å². The number of benzene rings is 1. The van der Waals surface area contributed by atoms with E-state index in [1.807, 2.05) is 20.8 Å². The maximum absolute atomic E-state index is 12.6. The van der Waals surface area contributed by atoms with E-state index in [4.69, 9.17) is 5.11 Å². The lowest BCUT2D eigenvalue weighted by Crippen LogP contribution is -1.95. The van der Waals surface area contributed by atoms with Gasteiger partial charge in [0.05, 0.1) is 6.10 Å². The van der Waals surface area contributed by atoms with Gasteiger partial charge in [0.1, 0.15) is 5.82 Å². The van der Waals surface area contributed by atoms with Crippen molar-refractivity contribution in [3.63, 3.8) is 0 Å². The van der Waals surface area contributed by atoms with Crippen molar-refractivity contribution >= 4 is 0 Å². The van der Waals surface area contributed by atoms with Gasteiger partial charge in [0.25, 0.3) is 0 Å². The standard InChI is InChI=1S/C9H11FO.C2H6/c1-6-3-4-8(10)5-9(6)7(2)11;1-2/h3-5,7,11H,1-2H3;1-2H3. The molecule has 0 saturated heterocycles. The Bertz CT molecular complexity index is 256. The Kier molecular flexibility index (Phi) is 5.31. The summed E-state index contributed by atoms with van der Waals surface area (Å²) in [7, 11) is 0. The van der Waals surface area contributed by atoms with E-state index in [2.05, 4.69) is 0 Å². The fraction of sp³-hybridized carbons (Fsp3) is 0.455. The molecule has 0 aliphatic heterocycles. The first-order chi connectivity index (χ1) is 6.11. The zero-order chi connectivity index (χ0) is 10.4. The zero-order valence-electron chi connectivity index (χ0n) is 8.63. The van der Waals surface area contributed by atoms with Gasteiger partial charge < -0.3 is 5.11 Å². The Labute approximate surface area is 79.2 Å². The van der Waals surface area contributed by atoms with Gasteiger partial charge in [0.15, 0.2) is 0 Å². The third-order valence-corrected chi connectivity index (χ3v) is 1.69. The lowest BCUT2D eigenvalue weighted by atomic mass is 10.0. The smallest absolute Gasteiger partial charge is 0.123 e. The van der Waals surface area contributed by atoms with Gasteiger partial charge in [-0.25, -0.2) is 4.39 Å². The topological polar surface area (TPSA) is 20.2 Å². The molecule has 1 unspecified atom stereocenters. The van der Waals surface area contributed by atoms with E-state index in [1.54, 1.807) is 13.0 Å². The van der Waals surface area contributed by atoms with Crippen molar-refractivity contribution in [2.24, 2.45) is 0 Å². The molecule has 0 heterocycles. The van der Waals surface area contributed by atoms with Crippen LogP contribution in [0.2, 0.25) is 0 Å². The highest BCUT2D eigenvalue weighted by Gasteiger charge is 2.04. The van der Waals surface area contributed by atoms with Gasteiger partial charge in [-0.2, -0.15) is 0 Å². The first-order valence-electron chi connectivity index (χ1n) is 4.55. The summed E-state index contributed by atoms with van der Waals surface area (Å²) in [6.07, 6.45) is -0.592. The van der Waals surface area contributed by atoms with Crippen molar-refractivity contribution in [2.75, 3.05) is 0 Å². The Morgan fingerprint density at radius 2 is 1.85 bits per heavy atom. The Hall–Kier alpha value is -0.890. The van der Waals surface area contributed by atoms with E-state index in [0.29, 0.717) is 5.56 Å². The average molecular weight is 184 g/mol. The second-order valence-electron chi connectivity index (χ2n) is 2.68. The molecule has 1 rings (SSSR count). The molecule has 0 amide bonds. The zero-order valence-corrected chi connectivity index (χ0v) is 8.63. The molecule has 0 spiro atoms. The second kappa shape index (κ2) is 5.70. The number of aliphatic hydroxyl groups excluding tert-OH is 1. The quantitative estimate of drug-likeness (QED) is 0.710. The number of aliphatic hydroxyl groups is 1. The molecule has 0 bridgehead atoms. The summed E-state index contributed by atoms with van der Waals surface area (Å²) in [4.78, 5) is 0. The van der Waals surface area contributed by atoms with Crippen LogP contribution in [-0.2, 0) is 0 Å². The summed E-state index contributed by atoms with van der Waals surface area (Å²) in [5, 5.41) is 9.16. The van der Waals surface area contributed by atoms with Crippen molar-refractivity contribution in [3.05, 3.63) is 35.1 Å². The number of hydrogen-bond donors (Lipinski definition) is 1. The summed E-state index contributed by atoms with van der Waals surface area (Å²) in [6, 6.07) is 4.42. The molecule has 0 saturated carbocycles. The first kappa shape index (κ1) is 12.1. The molecule has 0 aromatic heterocycles. The van der Waals surface area contributed by atoms with Crippen LogP contribution in [0.1, 0.15) is 38.0 Å². The molecule has 1 aromatic carbocycles. The predicted molar refractivity (Wildman–Crippen MR) is 53.1 cm³/mol. The van der Waals surface area contributed by atoms with Crippen LogP contribution < -0.4 is 0 Å². The van der Waals surface area contributed by atoms with Crippen molar-refractivity contribution in [1.29, 1.82) is 0 Å². The minimum absolute atomic E-state index is 0.300. The van der Waals surface area contributed by atoms with Crippen molar-refractivity contribution in [2.45, 2.75) is 33.8 Å². The highest BCUT2D eigenvalue weighted by atomic mass is 19.1. The van der Waals surface area contributed by atoms with E-state index in [1.165, 1.54) is 12.1 Å². The molecule has 0 aliphatic rings. The van der Waals surface area contributed by atoms with E-state index >= 15 is 0 Å². The molecule has 13 heavy (non-hydrogen) atoms. The normalized spacial score (nSPS) is 11.5. The van der Waals surface area contributed by atoms with Gasteiger partial charge in [-0.15, -0.1) is 0 Å². The van der Waals surface area contributed by atoms with E-state index < -0.39 is 6.10 Å². The van der Waals surface area contributed by atoms with Gasteiger partial charge in [0, 0.05) is 0 Å². The largest absolute Gasteiger partial charge is 0.389 e. The van der Waals surface area contributed by atoms with Crippen LogP contribution in [0.4, 0.5) is 4.39 Å². The number of hydrogen-bond acceptors (Lipinski definition) is 1. The molecule has 1 nitrogen and oxygen atoms in total. The minimum atomic E-state index is -0.592. The molecular formula is C11H17FO. The van der Waals surface area contributed by atoms with Gasteiger partial charge in [-0.05, 0) is 37.1 Å². The fourth-order valence-corrected chi connectivity index (χ4v) is 1.06. The summed E-state index contributed by atoms with van der Waals surface area (Å²) >= 11 is 0. The van der Waals surface area contributed by atoms with E-state index in [9.17, 15) is 4.39 Å². The third kappa shape index (κ3) is 3.55. The summed E-state index contributed by atoms with van der Waals surface area (Å²) in [5.74, 6) is -0.300. The Morgan fingerprint density at radius 1 is 1.31 bits per heavy atom. The molecular weight excluding hydrogens is 167 g/mol. The molecule has 1 N–H and O–H groups in total. The third-order valence-electron chi connectivity index (χ3n) is 1.69. The minimum Gasteiger partial charge on any atom is -0.389 e. The molecule has 1 atom stereocenters. The van der Waals surface area contributed by atoms with Crippen LogP contribution in [0.5, 0.6) is 0 Å². The highest BCUT2D eigenvalue weighted by molar-refractivity contribution is 5.27. The van der Waals surface area contributed by atoms with Gasteiger partial charge in [-0.3, -0.25) is 0 Å². The average Bonchev–Trinajstić information content (AvgIpc) is 2.12. The van der Waals surface area contributed by atoms with Crippen molar-refractivity contribution in [1.82, 2.24) is 0 Å². The first-order valence-corrected chi connectivity index (χ1v) is 4.55. The number of halogens is 1. The fourth-order valence-electron chi connectivity index (χ4n) is 1.06. The predicted octanol–water partition coefficient (Wildman–Crippen LogP) is 3.21. The summed E-state index contributed by atoms with van der Waals surface area (Å²) in [5.41, 5.74) is 1.58. The van der Waals surface area contributed by atoms with Gasteiger partial charge >= 0.3 is 0 Å². The molecule has 74 valence electrons. The molecule has 1 aromatic rings. The maximum atomic E-state index is 12.6. The van der Waals surface area contributed by atoms with Crippen LogP contribution in [0.15, 0.2) is 18.2 Å². The molecule has 0 aliphatic carbocycles. The lowest BCUT2D eigenvalue weighted by molar-refractivity contribution is 0.198. The van der Waals surface area contributed by atoms with E-state index in [-0.39, 0.29) is 5.82 Å². The summed E-state index contributed by atoms with van der Waals surface area (Å²) in [6.45, 7) is 7.48. The Balaban J connectivity index is 0.000000671. The lowest BCUT2D eigenvalue weighted by Gasteiger charge is -2.07. The highest BCUT2D eigenvalue weighted by Crippen LogP contribution is 2.17. The maximum Gasteiger partial charge on any atom is 0.123 e. The molecule has 0 radical (unpaired) electrons. The summed E-state index contributed by atoms with van der Waals surface area (Å²) < 4.78 is 12.6. The van der Waals surface area contributed by atoms with Crippen molar-refractivity contribution < 1.29 is 9.50 Å².